The summed E-state index contributed by atoms with van der Waals surface area (Å²) in [7, 11) is 4.21. The molecular weight excluding hydrogens is 370 g/mol. The van der Waals surface area contributed by atoms with Crippen molar-refractivity contribution in [1.29, 1.82) is 0 Å². The van der Waals surface area contributed by atoms with Crippen molar-refractivity contribution in [3.63, 3.8) is 0 Å². The Bertz CT molecular complexity index is 1120. The van der Waals surface area contributed by atoms with Crippen LogP contribution in [-0.2, 0) is 18.3 Å². The first kappa shape index (κ1) is 18.7. The Hall–Kier alpha value is -3.61. The van der Waals surface area contributed by atoms with Gasteiger partial charge in [-0.2, -0.15) is 0 Å². The first-order valence-electron chi connectivity index (χ1n) is 9.19. The van der Waals surface area contributed by atoms with E-state index in [0.717, 1.165) is 16.7 Å². The van der Waals surface area contributed by atoms with E-state index in [4.69, 9.17) is 9.47 Å². The van der Waals surface area contributed by atoms with Gasteiger partial charge in [0.15, 0.2) is 5.69 Å². The number of carbonyl (C=O) groups is 1. The molecule has 3 aromatic rings. The first-order chi connectivity index (χ1) is 14.1. The van der Waals surface area contributed by atoms with Gasteiger partial charge in [0, 0.05) is 13.6 Å². The summed E-state index contributed by atoms with van der Waals surface area (Å²) in [5.74, 6) is -0.467. The fraction of sp³-hybridized carbons (Fsp3) is 0.227. The Morgan fingerprint density at radius 2 is 1.76 bits per heavy atom. The molecule has 1 atom stereocenters. The Balaban J connectivity index is 1.93. The van der Waals surface area contributed by atoms with Gasteiger partial charge in [0.25, 0.3) is 5.56 Å². The van der Waals surface area contributed by atoms with Gasteiger partial charge >= 0.3 is 5.97 Å². The summed E-state index contributed by atoms with van der Waals surface area (Å²) >= 11 is 0. The third-order valence-corrected chi connectivity index (χ3v) is 5.18. The Labute approximate surface area is 168 Å². The number of aromatic nitrogens is 2. The number of methoxy groups -OCH3 is 2. The predicted molar refractivity (Wildman–Crippen MR) is 108 cm³/mol. The number of esters is 1. The van der Waals surface area contributed by atoms with E-state index >= 15 is 0 Å². The van der Waals surface area contributed by atoms with Crippen molar-refractivity contribution in [2.24, 2.45) is 7.05 Å². The zero-order chi connectivity index (χ0) is 20.5. The number of ether oxygens (including phenoxy) is 2. The van der Waals surface area contributed by atoms with E-state index in [0.29, 0.717) is 12.5 Å². The van der Waals surface area contributed by atoms with Gasteiger partial charge in [-0.1, -0.05) is 54.6 Å². The SMILES string of the molecule is COC(=O)c1nc(N2Cc3ccccc3C2c2ccccc2)n(C)c(=O)c1OC. The largest absolute Gasteiger partial charge is 0.489 e. The van der Waals surface area contributed by atoms with E-state index in [9.17, 15) is 9.59 Å². The molecule has 0 aliphatic carbocycles. The maximum atomic E-state index is 12.9. The third-order valence-electron chi connectivity index (χ3n) is 5.18. The minimum Gasteiger partial charge on any atom is -0.489 e. The van der Waals surface area contributed by atoms with Gasteiger partial charge in [-0.15, -0.1) is 0 Å². The van der Waals surface area contributed by atoms with Gasteiger partial charge in [-0.05, 0) is 16.7 Å². The van der Waals surface area contributed by atoms with Crippen molar-refractivity contribution in [1.82, 2.24) is 9.55 Å². The van der Waals surface area contributed by atoms with E-state index in [2.05, 4.69) is 17.1 Å². The summed E-state index contributed by atoms with van der Waals surface area (Å²) in [5.41, 5.74) is 2.79. The maximum Gasteiger partial charge on any atom is 0.360 e. The van der Waals surface area contributed by atoms with Gasteiger partial charge in [-0.3, -0.25) is 9.36 Å². The van der Waals surface area contributed by atoms with Crippen molar-refractivity contribution in [2.45, 2.75) is 12.6 Å². The lowest BCUT2D eigenvalue weighted by Gasteiger charge is -2.28. The molecule has 0 N–H and O–H groups in total. The van der Waals surface area contributed by atoms with Gasteiger partial charge in [0.1, 0.15) is 0 Å². The average Bonchev–Trinajstić information content (AvgIpc) is 3.14. The molecule has 1 unspecified atom stereocenters. The van der Waals surface area contributed by atoms with Crippen LogP contribution < -0.4 is 15.2 Å². The van der Waals surface area contributed by atoms with Crippen LogP contribution >= 0.6 is 0 Å². The summed E-state index contributed by atoms with van der Waals surface area (Å²) < 4.78 is 11.4. The molecule has 0 saturated heterocycles. The standard InChI is InChI=1S/C22H21N3O4/c1-24-20(26)19(28-2)17(21(27)29-3)23-22(24)25-13-15-11-7-8-12-16(15)18(25)14-9-5-4-6-10-14/h4-12,18H,13H2,1-3H3. The van der Waals surface area contributed by atoms with Gasteiger partial charge in [0.05, 0.1) is 20.3 Å². The minimum atomic E-state index is -0.714. The molecule has 0 fully saturated rings. The minimum absolute atomic E-state index is 0.129. The number of carbonyl (C=O) groups excluding carboxylic acids is 1. The number of hydrogen-bond donors (Lipinski definition) is 0. The fourth-order valence-electron chi connectivity index (χ4n) is 3.81. The number of fused-ring (bicyclic) bond motifs is 1. The molecule has 1 aliphatic heterocycles. The van der Waals surface area contributed by atoms with Crippen molar-refractivity contribution in [3.05, 3.63) is 87.3 Å². The van der Waals surface area contributed by atoms with Crippen LogP contribution in [0.1, 0.15) is 33.2 Å². The van der Waals surface area contributed by atoms with Gasteiger partial charge in [0.2, 0.25) is 11.7 Å². The monoisotopic (exact) mass is 391 g/mol. The summed E-state index contributed by atoms with van der Waals surface area (Å²) in [6.07, 6.45) is 0. The van der Waals surface area contributed by atoms with E-state index in [-0.39, 0.29) is 17.5 Å². The highest BCUT2D eigenvalue weighted by molar-refractivity contribution is 5.90. The number of nitrogens with zero attached hydrogens (tertiary/aromatic N) is 3. The molecule has 0 spiro atoms. The molecule has 7 heteroatoms. The van der Waals surface area contributed by atoms with Crippen LogP contribution in [0, 0.1) is 0 Å². The van der Waals surface area contributed by atoms with Crippen LogP contribution in [0.3, 0.4) is 0 Å². The highest BCUT2D eigenvalue weighted by Gasteiger charge is 2.35. The molecule has 2 aromatic carbocycles. The molecule has 4 rings (SSSR count). The lowest BCUT2D eigenvalue weighted by atomic mass is 9.98. The van der Waals surface area contributed by atoms with E-state index in [1.807, 2.05) is 47.4 Å². The Morgan fingerprint density at radius 1 is 1.07 bits per heavy atom. The van der Waals surface area contributed by atoms with Crippen LogP contribution in [-0.4, -0.2) is 29.7 Å². The average molecular weight is 391 g/mol. The second-order valence-electron chi connectivity index (χ2n) is 6.79. The quantitative estimate of drug-likeness (QED) is 0.637. The van der Waals surface area contributed by atoms with Crippen molar-refractivity contribution in [3.8, 4) is 5.75 Å². The highest BCUT2D eigenvalue weighted by Crippen LogP contribution is 2.40. The number of benzene rings is 2. The molecule has 0 bridgehead atoms. The first-order valence-corrected chi connectivity index (χ1v) is 9.19. The summed E-state index contributed by atoms with van der Waals surface area (Å²) in [4.78, 5) is 31.7. The molecule has 0 saturated carbocycles. The molecule has 2 heterocycles. The van der Waals surface area contributed by atoms with Crippen molar-refractivity contribution >= 4 is 11.9 Å². The second-order valence-corrected chi connectivity index (χ2v) is 6.79. The van der Waals surface area contributed by atoms with Crippen LogP contribution in [0.2, 0.25) is 0 Å². The van der Waals surface area contributed by atoms with Crippen molar-refractivity contribution in [2.75, 3.05) is 19.1 Å². The van der Waals surface area contributed by atoms with E-state index in [1.165, 1.54) is 18.8 Å². The molecular formula is C22H21N3O4. The molecule has 7 nitrogen and oxygen atoms in total. The normalized spacial score (nSPS) is 15.1. The Kier molecular flexibility index (Phi) is 4.80. The van der Waals surface area contributed by atoms with E-state index in [1.54, 1.807) is 7.05 Å². The lowest BCUT2D eigenvalue weighted by molar-refractivity contribution is 0.0589. The molecule has 148 valence electrons. The molecule has 0 radical (unpaired) electrons. The topological polar surface area (TPSA) is 73.7 Å². The summed E-state index contributed by atoms with van der Waals surface area (Å²) in [6.45, 7) is 0.558. The van der Waals surface area contributed by atoms with Crippen LogP contribution in [0.5, 0.6) is 5.75 Å². The van der Waals surface area contributed by atoms with Crippen molar-refractivity contribution < 1.29 is 14.3 Å². The number of anilines is 1. The zero-order valence-corrected chi connectivity index (χ0v) is 16.5. The number of hydrogen-bond acceptors (Lipinski definition) is 6. The summed E-state index contributed by atoms with van der Waals surface area (Å²) in [6, 6.07) is 18.0. The van der Waals surface area contributed by atoms with Gasteiger partial charge in [-0.25, -0.2) is 9.78 Å². The molecule has 29 heavy (non-hydrogen) atoms. The second kappa shape index (κ2) is 7.43. The molecule has 0 amide bonds. The smallest absolute Gasteiger partial charge is 0.360 e. The molecule has 1 aliphatic rings. The lowest BCUT2D eigenvalue weighted by Crippen LogP contribution is -2.33. The number of rotatable bonds is 4. The van der Waals surface area contributed by atoms with Crippen LogP contribution in [0.15, 0.2) is 59.4 Å². The highest BCUT2D eigenvalue weighted by atomic mass is 16.5. The predicted octanol–water partition coefficient (Wildman–Crippen LogP) is 2.69. The molecule has 1 aromatic heterocycles. The zero-order valence-electron chi connectivity index (χ0n) is 16.5. The fourth-order valence-corrected chi connectivity index (χ4v) is 3.81. The Morgan fingerprint density at radius 3 is 2.45 bits per heavy atom. The third kappa shape index (κ3) is 3.04. The van der Waals surface area contributed by atoms with Crippen LogP contribution in [0.25, 0.3) is 0 Å². The maximum absolute atomic E-state index is 12.9. The van der Waals surface area contributed by atoms with Gasteiger partial charge < -0.3 is 14.4 Å². The van der Waals surface area contributed by atoms with Crippen LogP contribution in [0.4, 0.5) is 5.95 Å². The summed E-state index contributed by atoms with van der Waals surface area (Å²) in [5, 5.41) is 0. The van der Waals surface area contributed by atoms with E-state index < -0.39 is 11.5 Å².